The number of benzene rings is 2. The summed E-state index contributed by atoms with van der Waals surface area (Å²) in [6.07, 6.45) is -0.554. The summed E-state index contributed by atoms with van der Waals surface area (Å²) in [5.74, 6) is 0.402. The zero-order valence-corrected chi connectivity index (χ0v) is 11.8. The van der Waals surface area contributed by atoms with E-state index in [1.54, 1.807) is 36.4 Å². The van der Waals surface area contributed by atoms with Crippen LogP contribution in [0, 0.1) is 0 Å². The van der Waals surface area contributed by atoms with E-state index in [-0.39, 0.29) is 0 Å². The van der Waals surface area contributed by atoms with E-state index in [9.17, 15) is 4.79 Å². The van der Waals surface area contributed by atoms with E-state index in [1.807, 2.05) is 6.07 Å². The van der Waals surface area contributed by atoms with Crippen molar-refractivity contribution in [3.8, 4) is 11.5 Å². The number of para-hydroxylation sites is 1. The summed E-state index contributed by atoms with van der Waals surface area (Å²) in [6.45, 7) is 0. The van der Waals surface area contributed by atoms with E-state index in [2.05, 4.69) is 15.0 Å². The minimum absolute atomic E-state index is 0.402. The van der Waals surface area contributed by atoms with Crippen LogP contribution in [0.5, 0.6) is 0 Å². The number of methoxy groups -OCH3 is 1. The zero-order valence-electron chi connectivity index (χ0n) is 11.1. The van der Waals surface area contributed by atoms with Gasteiger partial charge in [-0.15, -0.1) is 0 Å². The standard InChI is InChI=1S/C15H11ClN2O3/c1-20-15(19)18-11-5-3-2-4-10(11)14-17-12-8-9(16)6-7-13(12)21-14/h2-8H,1H3,(H,18,19). The maximum Gasteiger partial charge on any atom is 0.411 e. The van der Waals surface area contributed by atoms with Crippen LogP contribution in [0.1, 0.15) is 0 Å². The highest BCUT2D eigenvalue weighted by atomic mass is 35.5. The number of halogens is 1. The smallest absolute Gasteiger partial charge is 0.411 e. The van der Waals surface area contributed by atoms with Gasteiger partial charge in [0, 0.05) is 5.02 Å². The van der Waals surface area contributed by atoms with Gasteiger partial charge in [0.05, 0.1) is 18.4 Å². The molecule has 0 unspecified atom stereocenters. The number of nitrogens with one attached hydrogen (secondary N) is 1. The maximum absolute atomic E-state index is 11.4. The number of carbonyl (C=O) groups excluding carboxylic acids is 1. The fraction of sp³-hybridized carbons (Fsp3) is 0.0667. The van der Waals surface area contributed by atoms with Crippen LogP contribution in [0.2, 0.25) is 5.02 Å². The van der Waals surface area contributed by atoms with Gasteiger partial charge in [-0.25, -0.2) is 9.78 Å². The molecule has 2 aromatic carbocycles. The van der Waals surface area contributed by atoms with Crippen molar-refractivity contribution in [3.05, 3.63) is 47.5 Å². The molecule has 106 valence electrons. The third-order valence-electron chi connectivity index (χ3n) is 2.93. The van der Waals surface area contributed by atoms with Gasteiger partial charge in [0.25, 0.3) is 0 Å². The van der Waals surface area contributed by atoms with Crippen molar-refractivity contribution in [2.24, 2.45) is 0 Å². The molecule has 0 bridgehead atoms. The number of ether oxygens (including phenoxy) is 1. The Hall–Kier alpha value is -2.53. The van der Waals surface area contributed by atoms with Crippen LogP contribution < -0.4 is 5.32 Å². The number of hydrogen-bond donors (Lipinski definition) is 1. The van der Waals surface area contributed by atoms with Crippen molar-refractivity contribution in [1.29, 1.82) is 0 Å². The van der Waals surface area contributed by atoms with Crippen molar-refractivity contribution >= 4 is 34.5 Å². The molecular weight excluding hydrogens is 292 g/mol. The molecule has 0 saturated carbocycles. The zero-order chi connectivity index (χ0) is 14.8. The summed E-state index contributed by atoms with van der Waals surface area (Å²) >= 11 is 5.94. The topological polar surface area (TPSA) is 64.4 Å². The number of fused-ring (bicyclic) bond motifs is 1. The van der Waals surface area contributed by atoms with Gasteiger partial charge in [-0.3, -0.25) is 5.32 Å². The van der Waals surface area contributed by atoms with Gasteiger partial charge >= 0.3 is 6.09 Å². The van der Waals surface area contributed by atoms with E-state index in [0.717, 1.165) is 0 Å². The first-order valence-electron chi connectivity index (χ1n) is 6.18. The van der Waals surface area contributed by atoms with E-state index >= 15 is 0 Å². The normalized spacial score (nSPS) is 10.6. The predicted octanol–water partition coefficient (Wildman–Crippen LogP) is 4.33. The fourth-order valence-corrected chi connectivity index (χ4v) is 2.12. The lowest BCUT2D eigenvalue weighted by Gasteiger charge is -2.07. The molecular formula is C15H11ClN2O3. The Morgan fingerprint density at radius 2 is 2.10 bits per heavy atom. The molecule has 6 heteroatoms. The highest BCUT2D eigenvalue weighted by Crippen LogP contribution is 2.31. The predicted molar refractivity (Wildman–Crippen MR) is 80.5 cm³/mol. The minimum Gasteiger partial charge on any atom is -0.453 e. The van der Waals surface area contributed by atoms with Crippen molar-refractivity contribution in [2.75, 3.05) is 12.4 Å². The quantitative estimate of drug-likeness (QED) is 0.765. The maximum atomic E-state index is 11.4. The largest absolute Gasteiger partial charge is 0.453 e. The summed E-state index contributed by atoms with van der Waals surface area (Å²) in [5, 5.41) is 3.21. The van der Waals surface area contributed by atoms with Crippen molar-refractivity contribution in [1.82, 2.24) is 4.98 Å². The number of rotatable bonds is 2. The number of carbonyl (C=O) groups is 1. The molecule has 0 spiro atoms. The first kappa shape index (κ1) is 13.5. The third kappa shape index (κ3) is 2.68. The average molecular weight is 303 g/mol. The molecule has 5 nitrogen and oxygen atoms in total. The Kier molecular flexibility index (Phi) is 3.50. The van der Waals surface area contributed by atoms with Crippen molar-refractivity contribution < 1.29 is 13.9 Å². The van der Waals surface area contributed by atoms with Crippen molar-refractivity contribution in [2.45, 2.75) is 0 Å². The first-order chi connectivity index (χ1) is 10.2. The lowest BCUT2D eigenvalue weighted by molar-refractivity contribution is 0.187. The minimum atomic E-state index is -0.554. The van der Waals surface area contributed by atoms with Crippen molar-refractivity contribution in [3.63, 3.8) is 0 Å². The molecule has 0 aliphatic heterocycles. The van der Waals surface area contributed by atoms with Gasteiger partial charge in [-0.2, -0.15) is 0 Å². The van der Waals surface area contributed by atoms with E-state index in [4.69, 9.17) is 16.0 Å². The number of amides is 1. The van der Waals surface area contributed by atoms with E-state index < -0.39 is 6.09 Å². The molecule has 0 atom stereocenters. The number of nitrogens with zero attached hydrogens (tertiary/aromatic N) is 1. The molecule has 1 amide bonds. The molecule has 1 heterocycles. The van der Waals surface area contributed by atoms with Gasteiger partial charge < -0.3 is 9.15 Å². The van der Waals surface area contributed by atoms with E-state index in [0.29, 0.717) is 33.3 Å². The average Bonchev–Trinajstić information content (AvgIpc) is 2.90. The van der Waals surface area contributed by atoms with Gasteiger partial charge in [0.15, 0.2) is 5.58 Å². The summed E-state index contributed by atoms with van der Waals surface area (Å²) in [4.78, 5) is 15.8. The Balaban J connectivity index is 2.07. The van der Waals surface area contributed by atoms with Gasteiger partial charge in [0.2, 0.25) is 5.89 Å². The van der Waals surface area contributed by atoms with Crippen LogP contribution in [0.4, 0.5) is 10.5 Å². The Bertz CT molecular complexity index is 814. The van der Waals surface area contributed by atoms with Gasteiger partial charge in [0.1, 0.15) is 5.52 Å². The Morgan fingerprint density at radius 3 is 2.90 bits per heavy atom. The summed E-state index contributed by atoms with van der Waals surface area (Å²) in [7, 11) is 1.30. The van der Waals surface area contributed by atoms with Gasteiger partial charge in [-0.05, 0) is 30.3 Å². The number of anilines is 1. The molecule has 0 fully saturated rings. The molecule has 3 aromatic rings. The van der Waals surface area contributed by atoms with Crippen LogP contribution in [-0.4, -0.2) is 18.2 Å². The van der Waals surface area contributed by atoms with Crippen LogP contribution >= 0.6 is 11.6 Å². The lowest BCUT2D eigenvalue weighted by Crippen LogP contribution is -2.11. The first-order valence-corrected chi connectivity index (χ1v) is 6.55. The second kappa shape index (κ2) is 5.46. The number of oxazole rings is 1. The molecule has 3 rings (SSSR count). The second-order valence-corrected chi connectivity index (χ2v) is 4.73. The monoisotopic (exact) mass is 302 g/mol. The molecule has 0 saturated heterocycles. The molecule has 0 aliphatic rings. The highest BCUT2D eigenvalue weighted by molar-refractivity contribution is 6.31. The SMILES string of the molecule is COC(=O)Nc1ccccc1-c1nc2cc(Cl)ccc2o1. The molecule has 1 N–H and O–H groups in total. The number of hydrogen-bond acceptors (Lipinski definition) is 4. The van der Waals surface area contributed by atoms with Gasteiger partial charge in [-0.1, -0.05) is 23.7 Å². The molecule has 0 radical (unpaired) electrons. The van der Waals surface area contributed by atoms with Crippen LogP contribution in [-0.2, 0) is 4.74 Å². The van der Waals surface area contributed by atoms with Crippen LogP contribution in [0.15, 0.2) is 46.9 Å². The van der Waals surface area contributed by atoms with Crippen LogP contribution in [0.25, 0.3) is 22.6 Å². The second-order valence-electron chi connectivity index (χ2n) is 4.29. The lowest BCUT2D eigenvalue weighted by atomic mass is 10.2. The van der Waals surface area contributed by atoms with Crippen LogP contribution in [0.3, 0.4) is 0 Å². The third-order valence-corrected chi connectivity index (χ3v) is 3.16. The Morgan fingerprint density at radius 1 is 1.29 bits per heavy atom. The summed E-state index contributed by atoms with van der Waals surface area (Å²) < 4.78 is 10.3. The highest BCUT2D eigenvalue weighted by Gasteiger charge is 2.14. The fourth-order valence-electron chi connectivity index (χ4n) is 1.96. The summed E-state index contributed by atoms with van der Waals surface area (Å²) in [5.41, 5.74) is 2.50. The number of aromatic nitrogens is 1. The Labute approximate surface area is 125 Å². The molecule has 21 heavy (non-hydrogen) atoms. The summed E-state index contributed by atoms with van der Waals surface area (Å²) in [6, 6.07) is 12.4. The molecule has 1 aromatic heterocycles. The van der Waals surface area contributed by atoms with E-state index in [1.165, 1.54) is 7.11 Å². The molecule has 0 aliphatic carbocycles.